The highest BCUT2D eigenvalue weighted by atomic mass is 35.5. The van der Waals surface area contributed by atoms with E-state index in [0.29, 0.717) is 5.56 Å². The monoisotopic (exact) mass is 361 g/mol. The first-order valence-corrected chi connectivity index (χ1v) is 9.31. The molecule has 24 heavy (non-hydrogen) atoms. The quantitative estimate of drug-likeness (QED) is 0.352. The largest absolute Gasteiger partial charge is 0.291 e. The number of ketones is 1. The fourth-order valence-electron chi connectivity index (χ4n) is 2.77. The molecule has 0 bridgehead atoms. The van der Waals surface area contributed by atoms with Gasteiger partial charge >= 0.3 is 0 Å². The van der Waals surface area contributed by atoms with Crippen LogP contribution in [0.25, 0.3) is 0 Å². The van der Waals surface area contributed by atoms with Crippen LogP contribution in [0.5, 0.6) is 0 Å². The van der Waals surface area contributed by atoms with Crippen molar-refractivity contribution in [3.8, 4) is 0 Å². The molecule has 0 radical (unpaired) electrons. The zero-order valence-corrected chi connectivity index (χ0v) is 15.5. The van der Waals surface area contributed by atoms with E-state index in [1.54, 1.807) is 28.6 Å². The van der Waals surface area contributed by atoms with Crippen molar-refractivity contribution in [1.82, 2.24) is 4.31 Å². The molecule has 1 fully saturated rings. The van der Waals surface area contributed by atoms with Crippen molar-refractivity contribution < 1.29 is 9.00 Å². The summed E-state index contributed by atoms with van der Waals surface area (Å²) in [7, 11) is -1.39. The van der Waals surface area contributed by atoms with Crippen LogP contribution in [0.4, 0.5) is 0 Å². The minimum Gasteiger partial charge on any atom is -0.291 e. The minimum atomic E-state index is -1.39. The molecular weight excluding hydrogens is 342 g/mol. The average Bonchev–Trinajstić information content (AvgIpc) is 3.21. The zero-order chi connectivity index (χ0) is 17.5. The Hall–Kier alpha value is -1.49. The van der Waals surface area contributed by atoms with Crippen LogP contribution in [0.15, 0.2) is 60.7 Å². The number of alkyl halides is 1. The Bertz CT molecular complexity index is 773. The van der Waals surface area contributed by atoms with Gasteiger partial charge in [-0.3, -0.25) is 4.79 Å². The van der Waals surface area contributed by atoms with Crippen LogP contribution in [-0.4, -0.2) is 24.0 Å². The highest BCUT2D eigenvalue weighted by molar-refractivity contribution is 7.84. The Morgan fingerprint density at radius 3 is 2.04 bits per heavy atom. The maximum atomic E-state index is 13.0. The molecule has 3 rings (SSSR count). The van der Waals surface area contributed by atoms with Crippen LogP contribution in [0, 0.1) is 0 Å². The van der Waals surface area contributed by atoms with E-state index >= 15 is 0 Å². The average molecular weight is 362 g/mol. The van der Waals surface area contributed by atoms with Gasteiger partial charge in [-0.05, 0) is 26.3 Å². The molecule has 1 aliphatic rings. The van der Waals surface area contributed by atoms with E-state index < -0.39 is 26.8 Å². The Kier molecular flexibility index (Phi) is 4.41. The van der Waals surface area contributed by atoms with Crippen LogP contribution >= 0.6 is 11.6 Å². The molecule has 3 nitrogen and oxygen atoms in total. The van der Waals surface area contributed by atoms with E-state index in [1.165, 1.54) is 0 Å². The van der Waals surface area contributed by atoms with Crippen LogP contribution < -0.4 is 0 Å². The van der Waals surface area contributed by atoms with E-state index in [4.69, 9.17) is 11.6 Å². The number of hydrogen-bond acceptors (Lipinski definition) is 2. The number of hydrogen-bond donors (Lipinski definition) is 0. The second kappa shape index (κ2) is 6.10. The lowest BCUT2D eigenvalue weighted by atomic mass is 10.0. The van der Waals surface area contributed by atoms with Gasteiger partial charge in [0.25, 0.3) is 0 Å². The first-order valence-electron chi connectivity index (χ1n) is 7.83. The van der Waals surface area contributed by atoms with Gasteiger partial charge in [-0.25, -0.2) is 4.21 Å². The molecule has 0 aliphatic carbocycles. The second-order valence-electron chi connectivity index (χ2n) is 6.87. The molecule has 1 aliphatic heterocycles. The highest BCUT2D eigenvalue weighted by Crippen LogP contribution is 2.60. The fourth-order valence-corrected chi connectivity index (χ4v) is 4.83. The highest BCUT2D eigenvalue weighted by Gasteiger charge is 2.71. The third-order valence-corrected chi connectivity index (χ3v) is 6.59. The topological polar surface area (TPSA) is 37.1 Å². The van der Waals surface area contributed by atoms with Gasteiger partial charge < -0.3 is 0 Å². The van der Waals surface area contributed by atoms with Gasteiger partial charge in [0.2, 0.25) is 5.78 Å². The van der Waals surface area contributed by atoms with Crippen molar-refractivity contribution in [1.29, 1.82) is 0 Å². The molecule has 2 aromatic rings. The van der Waals surface area contributed by atoms with E-state index in [-0.39, 0.29) is 5.78 Å². The molecule has 1 saturated heterocycles. The third-order valence-electron chi connectivity index (χ3n) is 4.02. The number of Topliss-reactive ketones (excluding diaryl/α,β-unsaturated/α-hetero) is 1. The molecule has 1 heterocycles. The molecule has 0 N–H and O–H groups in total. The van der Waals surface area contributed by atoms with Gasteiger partial charge in [0.15, 0.2) is 5.00 Å². The van der Waals surface area contributed by atoms with Crippen LogP contribution in [0.1, 0.15) is 42.7 Å². The summed E-state index contributed by atoms with van der Waals surface area (Å²) in [5.74, 6) is -0.212. The van der Waals surface area contributed by atoms with Crippen molar-refractivity contribution in [2.75, 3.05) is 0 Å². The normalized spacial score (nSPS) is 27.5. The Morgan fingerprint density at radius 2 is 1.54 bits per heavy atom. The number of rotatable bonds is 4. The minimum absolute atomic E-state index is 0.212. The fraction of sp³-hybridized carbons (Fsp3) is 0.316. The molecule has 0 amide bonds. The Balaban J connectivity index is 2.03. The number of halogens is 1. The Labute approximate surface area is 150 Å². The summed E-state index contributed by atoms with van der Waals surface area (Å²) in [6, 6.07) is 18.1. The number of benzene rings is 2. The summed E-state index contributed by atoms with van der Waals surface area (Å²) in [6.45, 7) is 5.65. The van der Waals surface area contributed by atoms with Crippen molar-refractivity contribution in [3.05, 3.63) is 71.8 Å². The van der Waals surface area contributed by atoms with Crippen molar-refractivity contribution in [2.24, 2.45) is 0 Å². The number of nitrogens with zero attached hydrogens (tertiary/aromatic N) is 1. The summed E-state index contributed by atoms with van der Waals surface area (Å²) in [6.07, 6.45) is 0. The smallest absolute Gasteiger partial charge is 0.201 e. The molecule has 4 atom stereocenters. The number of carbonyl (C=O) groups is 1. The van der Waals surface area contributed by atoms with E-state index in [0.717, 1.165) is 5.56 Å². The molecule has 0 spiro atoms. The predicted molar refractivity (Wildman–Crippen MR) is 98.3 cm³/mol. The summed E-state index contributed by atoms with van der Waals surface area (Å²) in [4.78, 5) is 11.7. The maximum Gasteiger partial charge on any atom is 0.201 e. The maximum absolute atomic E-state index is 13.0. The molecule has 126 valence electrons. The lowest BCUT2D eigenvalue weighted by Gasteiger charge is -2.20. The lowest BCUT2D eigenvalue weighted by Crippen LogP contribution is -2.33. The van der Waals surface area contributed by atoms with Gasteiger partial charge in [0.05, 0.1) is 10.8 Å². The molecule has 2 unspecified atom stereocenters. The van der Waals surface area contributed by atoms with Gasteiger partial charge in [-0.1, -0.05) is 72.3 Å². The van der Waals surface area contributed by atoms with Crippen LogP contribution in [0.3, 0.4) is 0 Å². The Morgan fingerprint density at radius 1 is 1.04 bits per heavy atom. The third kappa shape index (κ3) is 2.83. The molecule has 2 aromatic carbocycles. The van der Waals surface area contributed by atoms with Crippen molar-refractivity contribution in [2.45, 2.75) is 36.6 Å². The van der Waals surface area contributed by atoms with E-state index in [2.05, 4.69) is 0 Å². The second-order valence-corrected chi connectivity index (χ2v) is 9.56. The summed E-state index contributed by atoms with van der Waals surface area (Å²) >= 11 is 6.78. The van der Waals surface area contributed by atoms with E-state index in [1.807, 2.05) is 57.2 Å². The molecule has 0 saturated carbocycles. The summed E-state index contributed by atoms with van der Waals surface area (Å²) in [5.41, 5.74) is 1.43. The molecule has 5 heteroatoms. The van der Waals surface area contributed by atoms with Gasteiger partial charge in [0.1, 0.15) is 11.0 Å². The zero-order valence-electron chi connectivity index (χ0n) is 13.9. The van der Waals surface area contributed by atoms with Crippen LogP contribution in [-0.2, 0) is 11.0 Å². The van der Waals surface area contributed by atoms with Gasteiger partial charge in [-0.2, -0.15) is 4.31 Å². The first kappa shape index (κ1) is 17.3. The van der Waals surface area contributed by atoms with Gasteiger partial charge in [0, 0.05) is 5.56 Å². The van der Waals surface area contributed by atoms with E-state index in [9.17, 15) is 9.00 Å². The first-order chi connectivity index (χ1) is 11.3. The SMILES string of the molecule is CC(C)(C)S(=O)N1[C@@H](c2ccccc2)[C@]1(Cl)C(=O)c1ccccc1. The predicted octanol–water partition coefficient (Wildman–Crippen LogP) is 4.32. The molecule has 0 aromatic heterocycles. The number of carbonyl (C=O) groups excluding carboxylic acids is 1. The standard InChI is InChI=1S/C19H20ClNO2S/c1-18(2,3)24(23)21-16(14-10-6-4-7-11-14)19(21,20)17(22)15-12-8-5-9-13-15/h4-13,16H,1-3H3/t16-,19+,21?,24?/m0/s1. The lowest BCUT2D eigenvalue weighted by molar-refractivity contribution is 0.0966. The van der Waals surface area contributed by atoms with Crippen molar-refractivity contribution in [3.63, 3.8) is 0 Å². The van der Waals surface area contributed by atoms with Crippen LogP contribution in [0.2, 0.25) is 0 Å². The summed E-state index contributed by atoms with van der Waals surface area (Å²) in [5, 5.41) is 0. The van der Waals surface area contributed by atoms with Crippen molar-refractivity contribution >= 4 is 28.4 Å². The summed E-state index contributed by atoms with van der Waals surface area (Å²) < 4.78 is 14.1. The van der Waals surface area contributed by atoms with Gasteiger partial charge in [-0.15, -0.1) is 0 Å². The molecular formula is C19H20ClNO2S.